The second-order valence-electron chi connectivity index (χ2n) is 4.98. The van der Waals surface area contributed by atoms with Crippen LogP contribution in [0.3, 0.4) is 0 Å². The molecule has 1 fully saturated rings. The van der Waals surface area contributed by atoms with Crippen molar-refractivity contribution >= 4 is 45.3 Å². The second-order valence-corrected chi connectivity index (χ2v) is 6.85. The predicted molar refractivity (Wildman–Crippen MR) is 88.2 cm³/mol. The number of benzene rings is 1. The molecule has 0 bridgehead atoms. The van der Waals surface area contributed by atoms with Gasteiger partial charge < -0.3 is 11.1 Å². The first-order chi connectivity index (χ1) is 10.0. The van der Waals surface area contributed by atoms with Crippen LogP contribution >= 0.6 is 27.7 Å². The van der Waals surface area contributed by atoms with E-state index in [2.05, 4.69) is 26.6 Å². The first kappa shape index (κ1) is 16.2. The number of halogens is 1. The Labute approximate surface area is 136 Å². The average molecular weight is 372 g/mol. The van der Waals surface area contributed by atoms with E-state index in [1.54, 1.807) is 12.1 Å². The highest BCUT2D eigenvalue weighted by Crippen LogP contribution is 2.28. The number of thioether (sulfide) groups is 1. The molecule has 0 saturated heterocycles. The minimum Gasteiger partial charge on any atom is -0.399 e. The lowest BCUT2D eigenvalue weighted by Gasteiger charge is -2.12. The summed E-state index contributed by atoms with van der Waals surface area (Å²) in [6.07, 6.45) is 4.27. The molecule has 1 aromatic carbocycles. The summed E-state index contributed by atoms with van der Waals surface area (Å²) in [5.74, 6) is -0.125. The molecular weight excluding hydrogens is 354 g/mol. The Balaban J connectivity index is 1.75. The molecule has 2 rings (SSSR count). The average Bonchev–Trinajstić information content (AvgIpc) is 2.90. The van der Waals surface area contributed by atoms with Crippen molar-refractivity contribution in [3.8, 4) is 0 Å². The smallest absolute Gasteiger partial charge is 0.321 e. The third kappa shape index (κ3) is 5.24. The van der Waals surface area contributed by atoms with E-state index in [1.165, 1.54) is 11.8 Å². The van der Waals surface area contributed by atoms with Crippen LogP contribution in [0.2, 0.25) is 0 Å². The van der Waals surface area contributed by atoms with Gasteiger partial charge in [-0.2, -0.15) is 0 Å². The molecule has 0 aromatic heterocycles. The summed E-state index contributed by atoms with van der Waals surface area (Å²) in [5, 5.41) is 5.18. The molecule has 1 saturated carbocycles. The van der Waals surface area contributed by atoms with E-state index in [4.69, 9.17) is 5.73 Å². The van der Waals surface area contributed by atoms with Crippen molar-refractivity contribution in [1.29, 1.82) is 0 Å². The summed E-state index contributed by atoms with van der Waals surface area (Å²) >= 11 is 4.75. The maximum atomic E-state index is 11.7. The Hall–Kier alpha value is -1.21. The van der Waals surface area contributed by atoms with Crippen LogP contribution in [-0.2, 0) is 4.79 Å². The van der Waals surface area contributed by atoms with Gasteiger partial charge >= 0.3 is 6.03 Å². The minimum absolute atomic E-state index is 0.181. The molecule has 1 aliphatic rings. The van der Waals surface area contributed by atoms with Gasteiger partial charge in [0.15, 0.2) is 0 Å². The van der Waals surface area contributed by atoms with E-state index in [9.17, 15) is 9.59 Å². The van der Waals surface area contributed by atoms with Gasteiger partial charge in [0.1, 0.15) is 0 Å². The van der Waals surface area contributed by atoms with Crippen LogP contribution in [0.15, 0.2) is 27.6 Å². The topological polar surface area (TPSA) is 84.2 Å². The van der Waals surface area contributed by atoms with Crippen LogP contribution in [0.25, 0.3) is 0 Å². The quantitative estimate of drug-likeness (QED) is 0.561. The number of carbonyl (C=O) groups excluding carboxylic acids is 2. The van der Waals surface area contributed by atoms with Crippen LogP contribution in [0.4, 0.5) is 10.5 Å². The third-order valence-electron chi connectivity index (χ3n) is 3.26. The van der Waals surface area contributed by atoms with Gasteiger partial charge in [0.2, 0.25) is 5.91 Å². The van der Waals surface area contributed by atoms with E-state index in [0.717, 1.165) is 35.1 Å². The highest BCUT2D eigenvalue weighted by atomic mass is 79.9. The fraction of sp³-hybridized carbons (Fsp3) is 0.429. The van der Waals surface area contributed by atoms with E-state index >= 15 is 0 Å². The molecule has 5 nitrogen and oxygen atoms in total. The largest absolute Gasteiger partial charge is 0.399 e. The summed E-state index contributed by atoms with van der Waals surface area (Å²) in [5.41, 5.74) is 6.31. The number of urea groups is 1. The number of anilines is 1. The molecule has 0 spiro atoms. The van der Waals surface area contributed by atoms with Crippen molar-refractivity contribution in [1.82, 2.24) is 10.6 Å². The lowest BCUT2D eigenvalue weighted by Crippen LogP contribution is -2.44. The van der Waals surface area contributed by atoms with Crippen molar-refractivity contribution in [2.24, 2.45) is 0 Å². The molecule has 0 heterocycles. The Bertz CT molecular complexity index is 533. The maximum absolute atomic E-state index is 11.7. The number of imide groups is 1. The normalized spacial score (nSPS) is 14.9. The van der Waals surface area contributed by atoms with Gasteiger partial charge in [-0.05, 0) is 47.0 Å². The SMILES string of the molecule is Nc1ccc(SCC(=O)NC(=O)NC2CCCC2)c(Br)c1. The maximum Gasteiger partial charge on any atom is 0.321 e. The number of hydrogen-bond donors (Lipinski definition) is 3. The minimum atomic E-state index is -0.399. The molecule has 1 aliphatic carbocycles. The molecule has 0 aliphatic heterocycles. The van der Waals surface area contributed by atoms with Crippen molar-refractivity contribution in [3.63, 3.8) is 0 Å². The van der Waals surface area contributed by atoms with Crippen LogP contribution in [0.1, 0.15) is 25.7 Å². The zero-order valence-corrected chi connectivity index (χ0v) is 13.9. The van der Waals surface area contributed by atoms with Crippen LogP contribution in [-0.4, -0.2) is 23.7 Å². The fourth-order valence-corrected chi connectivity index (χ4v) is 3.69. The summed E-state index contributed by atoms with van der Waals surface area (Å²) in [4.78, 5) is 24.3. The second kappa shape index (κ2) is 7.70. The van der Waals surface area contributed by atoms with E-state index < -0.39 is 6.03 Å². The van der Waals surface area contributed by atoms with Gasteiger partial charge in [-0.25, -0.2) is 4.79 Å². The van der Waals surface area contributed by atoms with Crippen LogP contribution in [0.5, 0.6) is 0 Å². The molecule has 0 unspecified atom stereocenters. The Morgan fingerprint density at radius 1 is 1.33 bits per heavy atom. The number of amides is 3. The fourth-order valence-electron chi connectivity index (χ4n) is 2.23. The first-order valence-corrected chi connectivity index (χ1v) is 8.60. The number of hydrogen-bond acceptors (Lipinski definition) is 4. The van der Waals surface area contributed by atoms with Gasteiger partial charge in [-0.1, -0.05) is 12.8 Å². The molecular formula is C14H18BrN3O2S. The van der Waals surface area contributed by atoms with Gasteiger partial charge in [-0.3, -0.25) is 10.1 Å². The number of rotatable bonds is 4. The Morgan fingerprint density at radius 3 is 2.71 bits per heavy atom. The van der Waals surface area contributed by atoms with Crippen molar-refractivity contribution in [2.45, 2.75) is 36.6 Å². The molecule has 1 aromatic rings. The molecule has 3 amide bonds. The van der Waals surface area contributed by atoms with E-state index in [-0.39, 0.29) is 17.7 Å². The van der Waals surface area contributed by atoms with Gasteiger partial charge in [0, 0.05) is 21.1 Å². The number of nitrogens with two attached hydrogens (primary N) is 1. The van der Waals surface area contributed by atoms with Crippen molar-refractivity contribution in [3.05, 3.63) is 22.7 Å². The molecule has 0 radical (unpaired) electrons. The summed E-state index contributed by atoms with van der Waals surface area (Å²) < 4.78 is 0.843. The van der Waals surface area contributed by atoms with Gasteiger partial charge in [0.25, 0.3) is 0 Å². The highest BCUT2D eigenvalue weighted by Gasteiger charge is 2.18. The van der Waals surface area contributed by atoms with E-state index in [1.807, 2.05) is 6.07 Å². The van der Waals surface area contributed by atoms with Crippen molar-refractivity contribution in [2.75, 3.05) is 11.5 Å². The summed E-state index contributed by atoms with van der Waals surface area (Å²) in [7, 11) is 0. The number of nitrogens with one attached hydrogen (secondary N) is 2. The van der Waals surface area contributed by atoms with Crippen LogP contribution < -0.4 is 16.4 Å². The Kier molecular flexibility index (Phi) is 5.93. The zero-order chi connectivity index (χ0) is 15.2. The predicted octanol–water partition coefficient (Wildman–Crippen LogP) is 2.89. The first-order valence-electron chi connectivity index (χ1n) is 6.83. The molecule has 0 atom stereocenters. The lowest BCUT2D eigenvalue weighted by atomic mass is 10.2. The highest BCUT2D eigenvalue weighted by molar-refractivity contribution is 9.10. The standard InChI is InChI=1S/C14H18BrN3O2S/c15-11-7-9(16)5-6-12(11)21-8-13(19)18-14(20)17-10-3-1-2-4-10/h5-7,10H,1-4,8,16H2,(H2,17,18,19,20). The number of carbonyl (C=O) groups is 2. The van der Waals surface area contributed by atoms with Crippen LogP contribution in [0, 0.1) is 0 Å². The molecule has 7 heteroatoms. The summed E-state index contributed by atoms with van der Waals surface area (Å²) in [6.45, 7) is 0. The van der Waals surface area contributed by atoms with Crippen molar-refractivity contribution < 1.29 is 9.59 Å². The molecule has 21 heavy (non-hydrogen) atoms. The zero-order valence-electron chi connectivity index (χ0n) is 11.5. The lowest BCUT2D eigenvalue weighted by molar-refractivity contribution is -0.117. The van der Waals surface area contributed by atoms with E-state index in [0.29, 0.717) is 5.69 Å². The van der Waals surface area contributed by atoms with Gasteiger partial charge in [-0.15, -0.1) is 11.8 Å². The third-order valence-corrected chi connectivity index (χ3v) is 5.25. The Morgan fingerprint density at radius 2 is 2.05 bits per heavy atom. The monoisotopic (exact) mass is 371 g/mol. The summed E-state index contributed by atoms with van der Waals surface area (Å²) in [6, 6.07) is 5.21. The number of nitrogen functional groups attached to an aromatic ring is 1. The molecule has 4 N–H and O–H groups in total. The molecule has 114 valence electrons. The van der Waals surface area contributed by atoms with Gasteiger partial charge in [0.05, 0.1) is 5.75 Å².